The van der Waals surface area contributed by atoms with Crippen LogP contribution in [0.2, 0.25) is 5.02 Å². The molecule has 2 atom stereocenters. The van der Waals surface area contributed by atoms with Crippen LogP contribution in [0.3, 0.4) is 0 Å². The van der Waals surface area contributed by atoms with Crippen LogP contribution < -0.4 is 20.5 Å². The standard InChI is InChI=1S/C20H32ClN3O3/c1-14-7-15(2)12-24(11-14)6-4-5-23-10-16-8-17(21)20(18(9-16)26-3)27-13-19(22)25/h8-9,14-15,23H,4-7,10-13H2,1-3H3,(H2,22,25). The third-order valence-corrected chi connectivity index (χ3v) is 5.03. The second-order valence-electron chi connectivity index (χ2n) is 7.60. The number of nitrogens with zero attached hydrogens (tertiary/aromatic N) is 1. The van der Waals surface area contributed by atoms with Crippen molar-refractivity contribution in [3.05, 3.63) is 22.7 Å². The summed E-state index contributed by atoms with van der Waals surface area (Å²) in [6.07, 6.45) is 2.46. The molecule has 0 aromatic heterocycles. The molecule has 1 heterocycles. The lowest BCUT2D eigenvalue weighted by atomic mass is 9.92. The van der Waals surface area contributed by atoms with Gasteiger partial charge in [-0.15, -0.1) is 0 Å². The number of rotatable bonds is 10. The van der Waals surface area contributed by atoms with E-state index in [0.717, 1.165) is 36.9 Å². The molecule has 7 heteroatoms. The van der Waals surface area contributed by atoms with Crippen molar-refractivity contribution in [1.29, 1.82) is 0 Å². The van der Waals surface area contributed by atoms with E-state index in [1.165, 1.54) is 19.5 Å². The molecule has 1 aromatic carbocycles. The fraction of sp³-hybridized carbons (Fsp3) is 0.650. The highest BCUT2D eigenvalue weighted by molar-refractivity contribution is 6.32. The van der Waals surface area contributed by atoms with E-state index >= 15 is 0 Å². The number of likely N-dealkylation sites (tertiary alicyclic amines) is 1. The number of ether oxygens (including phenoxy) is 2. The molecular formula is C20H32ClN3O3. The van der Waals surface area contributed by atoms with Crippen molar-refractivity contribution < 1.29 is 14.3 Å². The molecular weight excluding hydrogens is 366 g/mol. The van der Waals surface area contributed by atoms with Gasteiger partial charge in [-0.3, -0.25) is 4.79 Å². The number of benzene rings is 1. The minimum absolute atomic E-state index is 0.235. The molecule has 2 rings (SSSR count). The van der Waals surface area contributed by atoms with Gasteiger partial charge in [0, 0.05) is 19.6 Å². The predicted molar refractivity (Wildman–Crippen MR) is 108 cm³/mol. The number of carbonyl (C=O) groups excluding carboxylic acids is 1. The zero-order chi connectivity index (χ0) is 19.8. The van der Waals surface area contributed by atoms with Gasteiger partial charge in [0.05, 0.1) is 12.1 Å². The summed E-state index contributed by atoms with van der Waals surface area (Å²) in [7, 11) is 1.54. The molecule has 6 nitrogen and oxygen atoms in total. The van der Waals surface area contributed by atoms with Crippen LogP contribution in [0.15, 0.2) is 12.1 Å². The summed E-state index contributed by atoms with van der Waals surface area (Å²) in [4.78, 5) is 13.5. The van der Waals surface area contributed by atoms with Crippen LogP contribution in [0.25, 0.3) is 0 Å². The minimum atomic E-state index is -0.559. The van der Waals surface area contributed by atoms with Crippen molar-refractivity contribution in [2.75, 3.05) is 39.9 Å². The van der Waals surface area contributed by atoms with Crippen LogP contribution >= 0.6 is 11.6 Å². The summed E-state index contributed by atoms with van der Waals surface area (Å²) in [5.41, 5.74) is 6.12. The van der Waals surface area contributed by atoms with E-state index in [2.05, 4.69) is 24.1 Å². The van der Waals surface area contributed by atoms with E-state index in [0.29, 0.717) is 23.1 Å². The van der Waals surface area contributed by atoms with Crippen LogP contribution in [0.1, 0.15) is 32.3 Å². The quantitative estimate of drug-likeness (QED) is 0.593. The molecule has 0 aliphatic carbocycles. The molecule has 0 spiro atoms. The largest absolute Gasteiger partial charge is 0.493 e. The zero-order valence-electron chi connectivity index (χ0n) is 16.6. The highest BCUT2D eigenvalue weighted by Gasteiger charge is 2.21. The Kier molecular flexibility index (Phi) is 8.67. The second-order valence-corrected chi connectivity index (χ2v) is 8.01. The van der Waals surface area contributed by atoms with Gasteiger partial charge < -0.3 is 25.4 Å². The molecule has 2 unspecified atom stereocenters. The van der Waals surface area contributed by atoms with E-state index in [-0.39, 0.29) is 6.61 Å². The van der Waals surface area contributed by atoms with Crippen molar-refractivity contribution in [2.24, 2.45) is 17.6 Å². The van der Waals surface area contributed by atoms with E-state index in [9.17, 15) is 4.79 Å². The van der Waals surface area contributed by atoms with Gasteiger partial charge in [0.15, 0.2) is 18.1 Å². The van der Waals surface area contributed by atoms with Crippen LogP contribution in [-0.4, -0.2) is 50.7 Å². The molecule has 3 N–H and O–H groups in total. The Hall–Kier alpha value is -1.50. The Balaban J connectivity index is 1.78. The number of hydrogen-bond donors (Lipinski definition) is 2. The summed E-state index contributed by atoms with van der Waals surface area (Å²) in [6, 6.07) is 3.69. The van der Waals surface area contributed by atoms with Gasteiger partial charge in [0.1, 0.15) is 0 Å². The maximum atomic E-state index is 10.9. The maximum Gasteiger partial charge on any atom is 0.255 e. The average Bonchev–Trinajstić information content (AvgIpc) is 2.59. The van der Waals surface area contributed by atoms with Crippen molar-refractivity contribution in [3.63, 3.8) is 0 Å². The van der Waals surface area contributed by atoms with Gasteiger partial charge in [0.25, 0.3) is 5.91 Å². The maximum absolute atomic E-state index is 10.9. The smallest absolute Gasteiger partial charge is 0.255 e. The molecule has 0 bridgehead atoms. The Morgan fingerprint density at radius 2 is 2.04 bits per heavy atom. The van der Waals surface area contributed by atoms with Gasteiger partial charge in [-0.25, -0.2) is 0 Å². The molecule has 1 aromatic rings. The number of methoxy groups -OCH3 is 1. The number of primary amides is 1. The number of nitrogens with two attached hydrogens (primary N) is 1. The van der Waals surface area contributed by atoms with E-state index in [4.69, 9.17) is 26.8 Å². The van der Waals surface area contributed by atoms with Crippen molar-refractivity contribution in [2.45, 2.75) is 33.2 Å². The van der Waals surface area contributed by atoms with E-state index in [1.807, 2.05) is 12.1 Å². The van der Waals surface area contributed by atoms with Gasteiger partial charge >= 0.3 is 0 Å². The molecule has 152 valence electrons. The highest BCUT2D eigenvalue weighted by atomic mass is 35.5. The minimum Gasteiger partial charge on any atom is -0.493 e. The third-order valence-electron chi connectivity index (χ3n) is 4.75. The molecule has 1 aliphatic rings. The van der Waals surface area contributed by atoms with Gasteiger partial charge in [0.2, 0.25) is 0 Å². The Labute approximate surface area is 167 Å². The molecule has 1 aliphatic heterocycles. The summed E-state index contributed by atoms with van der Waals surface area (Å²) in [5.74, 6) is 1.88. The van der Waals surface area contributed by atoms with Crippen LogP contribution in [0.4, 0.5) is 0 Å². The van der Waals surface area contributed by atoms with E-state index < -0.39 is 5.91 Å². The number of hydrogen-bond acceptors (Lipinski definition) is 5. The zero-order valence-corrected chi connectivity index (χ0v) is 17.3. The lowest BCUT2D eigenvalue weighted by Crippen LogP contribution is -2.39. The van der Waals surface area contributed by atoms with Gasteiger partial charge in [-0.05, 0) is 55.5 Å². The van der Waals surface area contributed by atoms with E-state index in [1.54, 1.807) is 7.11 Å². The van der Waals surface area contributed by atoms with Crippen molar-refractivity contribution in [1.82, 2.24) is 10.2 Å². The van der Waals surface area contributed by atoms with Crippen molar-refractivity contribution in [3.8, 4) is 11.5 Å². The first kappa shape index (κ1) is 21.8. The van der Waals surface area contributed by atoms with Crippen LogP contribution in [0.5, 0.6) is 11.5 Å². The Morgan fingerprint density at radius 3 is 2.67 bits per heavy atom. The number of amides is 1. The normalized spacial score (nSPS) is 20.4. The molecule has 1 fully saturated rings. The van der Waals surface area contributed by atoms with Gasteiger partial charge in [-0.1, -0.05) is 25.4 Å². The third kappa shape index (κ3) is 7.20. The van der Waals surface area contributed by atoms with Gasteiger partial charge in [-0.2, -0.15) is 0 Å². The molecule has 1 saturated heterocycles. The van der Waals surface area contributed by atoms with Crippen LogP contribution in [-0.2, 0) is 11.3 Å². The molecule has 1 amide bonds. The highest BCUT2D eigenvalue weighted by Crippen LogP contribution is 2.36. The summed E-state index contributed by atoms with van der Waals surface area (Å²) < 4.78 is 10.7. The summed E-state index contributed by atoms with van der Waals surface area (Å²) in [6.45, 7) is 9.64. The summed E-state index contributed by atoms with van der Waals surface area (Å²) in [5, 5.41) is 3.86. The predicted octanol–water partition coefficient (Wildman–Crippen LogP) is 2.67. The fourth-order valence-corrected chi connectivity index (χ4v) is 4.08. The Morgan fingerprint density at radius 1 is 1.33 bits per heavy atom. The second kappa shape index (κ2) is 10.7. The SMILES string of the molecule is COc1cc(CNCCCN2CC(C)CC(C)C2)cc(Cl)c1OCC(N)=O. The molecule has 0 saturated carbocycles. The number of carbonyl (C=O) groups is 1. The first-order valence-electron chi connectivity index (χ1n) is 9.59. The van der Waals surface area contributed by atoms with Crippen molar-refractivity contribution >= 4 is 17.5 Å². The number of halogens is 1. The topological polar surface area (TPSA) is 76.8 Å². The summed E-state index contributed by atoms with van der Waals surface area (Å²) >= 11 is 6.27. The number of piperidine rings is 1. The molecule has 0 radical (unpaired) electrons. The molecule has 27 heavy (non-hydrogen) atoms. The fourth-order valence-electron chi connectivity index (χ4n) is 3.79. The first-order chi connectivity index (χ1) is 12.9. The first-order valence-corrected chi connectivity index (χ1v) is 9.97. The lowest BCUT2D eigenvalue weighted by Gasteiger charge is -2.34. The number of nitrogens with one attached hydrogen (secondary N) is 1. The average molecular weight is 398 g/mol. The van der Waals surface area contributed by atoms with Crippen LogP contribution in [0, 0.1) is 11.8 Å². The lowest BCUT2D eigenvalue weighted by molar-refractivity contribution is -0.119. The monoisotopic (exact) mass is 397 g/mol. The Bertz CT molecular complexity index is 617.